The summed E-state index contributed by atoms with van der Waals surface area (Å²) in [5.41, 5.74) is 2.39. The van der Waals surface area contributed by atoms with Crippen LogP contribution in [0.25, 0.3) is 11.0 Å². The van der Waals surface area contributed by atoms with Crippen LogP contribution in [0.2, 0.25) is 0 Å². The number of amides is 1. The second-order valence-corrected chi connectivity index (χ2v) is 7.55. The molecule has 0 atom stereocenters. The third kappa shape index (κ3) is 4.22. The average Bonchev–Trinajstić information content (AvgIpc) is 3.06. The number of carbonyl (C=O) groups is 1. The normalized spacial score (nSPS) is 11.2. The molecule has 0 bridgehead atoms. The highest BCUT2D eigenvalue weighted by Gasteiger charge is 2.21. The molecule has 8 heteroatoms. The predicted molar refractivity (Wildman–Crippen MR) is 117 cm³/mol. The summed E-state index contributed by atoms with van der Waals surface area (Å²) in [5.74, 6) is -0.254. The lowest BCUT2D eigenvalue weighted by Crippen LogP contribution is -2.43. The minimum atomic E-state index is -0.502. The summed E-state index contributed by atoms with van der Waals surface area (Å²) in [6.07, 6.45) is 1.84. The van der Waals surface area contributed by atoms with Gasteiger partial charge in [-0.3, -0.25) is 23.4 Å². The number of benzene rings is 1. The standard InChI is InChI=1S/C22H29N5O3/c1-5-7-12-23-18(28)14-25-19-16(4)24-27(6-2)20(19)21(29)26(22(25)30)13-17-10-8-15(3)9-11-17/h8-11H,5-7,12-14H2,1-4H3,(H,23,28). The van der Waals surface area contributed by atoms with Gasteiger partial charge in [0.1, 0.15) is 12.1 Å². The van der Waals surface area contributed by atoms with E-state index in [0.717, 1.165) is 24.0 Å². The molecule has 1 N–H and O–H groups in total. The molecule has 0 fully saturated rings. The van der Waals surface area contributed by atoms with Crippen LogP contribution in [0, 0.1) is 13.8 Å². The first-order valence-electron chi connectivity index (χ1n) is 10.4. The molecule has 0 radical (unpaired) electrons. The molecule has 3 aromatic rings. The number of unbranched alkanes of at least 4 members (excludes halogenated alkanes) is 1. The van der Waals surface area contributed by atoms with Gasteiger partial charge in [0, 0.05) is 13.1 Å². The summed E-state index contributed by atoms with van der Waals surface area (Å²) in [6, 6.07) is 7.68. The molecule has 0 aliphatic heterocycles. The molecule has 0 saturated heterocycles. The minimum Gasteiger partial charge on any atom is -0.355 e. The summed E-state index contributed by atoms with van der Waals surface area (Å²) < 4.78 is 4.17. The fraction of sp³-hybridized carbons (Fsp3) is 0.455. The third-order valence-corrected chi connectivity index (χ3v) is 5.19. The maximum atomic E-state index is 13.3. The fourth-order valence-electron chi connectivity index (χ4n) is 3.56. The molecule has 0 unspecified atom stereocenters. The summed E-state index contributed by atoms with van der Waals surface area (Å²) in [4.78, 5) is 39.0. The maximum Gasteiger partial charge on any atom is 0.332 e. The van der Waals surface area contributed by atoms with Crippen molar-refractivity contribution in [2.24, 2.45) is 0 Å². The quantitative estimate of drug-likeness (QED) is 0.574. The van der Waals surface area contributed by atoms with Crippen molar-refractivity contribution < 1.29 is 4.79 Å². The molecule has 1 amide bonds. The molecule has 2 aromatic heterocycles. The van der Waals surface area contributed by atoms with Crippen LogP contribution in [0.3, 0.4) is 0 Å². The van der Waals surface area contributed by atoms with E-state index in [1.165, 1.54) is 9.13 Å². The molecule has 0 spiro atoms. The van der Waals surface area contributed by atoms with Gasteiger partial charge in [-0.15, -0.1) is 0 Å². The minimum absolute atomic E-state index is 0.138. The lowest BCUT2D eigenvalue weighted by Gasteiger charge is -2.13. The van der Waals surface area contributed by atoms with E-state index in [1.54, 1.807) is 11.6 Å². The van der Waals surface area contributed by atoms with Crippen molar-refractivity contribution >= 4 is 16.9 Å². The van der Waals surface area contributed by atoms with Gasteiger partial charge in [0.25, 0.3) is 5.56 Å². The van der Waals surface area contributed by atoms with Gasteiger partial charge in [0.15, 0.2) is 5.52 Å². The molecular formula is C22H29N5O3. The maximum absolute atomic E-state index is 13.3. The van der Waals surface area contributed by atoms with E-state index in [1.807, 2.05) is 45.0 Å². The Balaban J connectivity index is 2.14. The van der Waals surface area contributed by atoms with Crippen LogP contribution in [0.15, 0.2) is 33.9 Å². The van der Waals surface area contributed by atoms with Crippen molar-refractivity contribution in [2.75, 3.05) is 6.54 Å². The van der Waals surface area contributed by atoms with Crippen molar-refractivity contribution in [1.82, 2.24) is 24.2 Å². The third-order valence-electron chi connectivity index (χ3n) is 5.19. The Kier molecular flexibility index (Phi) is 6.54. The Morgan fingerprint density at radius 2 is 1.73 bits per heavy atom. The van der Waals surface area contributed by atoms with Crippen LogP contribution in [0.1, 0.15) is 43.5 Å². The largest absolute Gasteiger partial charge is 0.355 e. The molecule has 160 valence electrons. The van der Waals surface area contributed by atoms with Gasteiger partial charge in [0.05, 0.1) is 12.2 Å². The van der Waals surface area contributed by atoms with Gasteiger partial charge in [-0.1, -0.05) is 43.2 Å². The number of hydrogen-bond donors (Lipinski definition) is 1. The Labute approximate surface area is 175 Å². The number of nitrogens with zero attached hydrogens (tertiary/aromatic N) is 4. The predicted octanol–water partition coefficient (Wildman–Crippen LogP) is 1.96. The van der Waals surface area contributed by atoms with E-state index in [0.29, 0.717) is 29.8 Å². The lowest BCUT2D eigenvalue weighted by atomic mass is 10.1. The van der Waals surface area contributed by atoms with Crippen LogP contribution in [0.4, 0.5) is 0 Å². The topological polar surface area (TPSA) is 90.9 Å². The van der Waals surface area contributed by atoms with Crippen molar-refractivity contribution in [3.63, 3.8) is 0 Å². The molecular weight excluding hydrogens is 382 g/mol. The van der Waals surface area contributed by atoms with E-state index in [9.17, 15) is 14.4 Å². The van der Waals surface area contributed by atoms with Gasteiger partial charge in [-0.25, -0.2) is 4.79 Å². The summed E-state index contributed by atoms with van der Waals surface area (Å²) in [7, 11) is 0. The Morgan fingerprint density at radius 1 is 1.03 bits per heavy atom. The number of aromatic nitrogens is 4. The van der Waals surface area contributed by atoms with Crippen molar-refractivity contribution in [2.45, 2.75) is 60.2 Å². The second kappa shape index (κ2) is 9.11. The molecule has 0 aliphatic rings. The van der Waals surface area contributed by atoms with Crippen LogP contribution in [-0.2, 0) is 24.4 Å². The average molecular weight is 412 g/mol. The van der Waals surface area contributed by atoms with Crippen LogP contribution in [-0.4, -0.2) is 31.4 Å². The molecule has 30 heavy (non-hydrogen) atoms. The monoisotopic (exact) mass is 411 g/mol. The first-order chi connectivity index (χ1) is 14.4. The summed E-state index contributed by atoms with van der Waals surface area (Å²) in [6.45, 7) is 8.71. The van der Waals surface area contributed by atoms with Gasteiger partial charge in [-0.2, -0.15) is 5.10 Å². The summed E-state index contributed by atoms with van der Waals surface area (Å²) in [5, 5.41) is 7.27. The molecule has 0 aliphatic carbocycles. The Hall–Kier alpha value is -3.16. The van der Waals surface area contributed by atoms with Gasteiger partial charge in [-0.05, 0) is 32.8 Å². The van der Waals surface area contributed by atoms with E-state index >= 15 is 0 Å². The fourth-order valence-corrected chi connectivity index (χ4v) is 3.56. The first kappa shape index (κ1) is 21.5. The molecule has 2 heterocycles. The lowest BCUT2D eigenvalue weighted by molar-refractivity contribution is -0.121. The van der Waals surface area contributed by atoms with Gasteiger partial charge < -0.3 is 5.32 Å². The van der Waals surface area contributed by atoms with E-state index in [-0.39, 0.29) is 24.6 Å². The van der Waals surface area contributed by atoms with E-state index < -0.39 is 5.69 Å². The van der Waals surface area contributed by atoms with Crippen molar-refractivity contribution in [3.05, 3.63) is 61.9 Å². The van der Waals surface area contributed by atoms with E-state index in [2.05, 4.69) is 10.4 Å². The first-order valence-corrected chi connectivity index (χ1v) is 10.4. The zero-order valence-corrected chi connectivity index (χ0v) is 18.1. The van der Waals surface area contributed by atoms with Gasteiger partial charge in [0.2, 0.25) is 5.91 Å². The molecule has 1 aromatic carbocycles. The zero-order chi connectivity index (χ0) is 21.8. The zero-order valence-electron chi connectivity index (χ0n) is 18.1. The second-order valence-electron chi connectivity index (χ2n) is 7.55. The highest BCUT2D eigenvalue weighted by Crippen LogP contribution is 2.14. The number of nitrogens with one attached hydrogen (secondary N) is 1. The van der Waals surface area contributed by atoms with Crippen LogP contribution < -0.4 is 16.6 Å². The number of hydrogen-bond acceptors (Lipinski definition) is 4. The number of rotatable bonds is 8. The highest BCUT2D eigenvalue weighted by atomic mass is 16.2. The molecule has 3 rings (SSSR count). The number of carbonyl (C=O) groups excluding carboxylic acids is 1. The molecule has 8 nitrogen and oxygen atoms in total. The Morgan fingerprint density at radius 3 is 2.37 bits per heavy atom. The number of fused-ring (bicyclic) bond motifs is 1. The van der Waals surface area contributed by atoms with Crippen LogP contribution in [0.5, 0.6) is 0 Å². The van der Waals surface area contributed by atoms with Crippen molar-refractivity contribution in [3.8, 4) is 0 Å². The van der Waals surface area contributed by atoms with Crippen LogP contribution >= 0.6 is 0 Å². The SMILES string of the molecule is CCCCNC(=O)Cn1c(=O)n(Cc2ccc(C)cc2)c(=O)c2c1c(C)nn2CC. The van der Waals surface area contributed by atoms with E-state index in [4.69, 9.17) is 0 Å². The molecule has 0 saturated carbocycles. The number of aryl methyl sites for hydroxylation is 3. The summed E-state index contributed by atoms with van der Waals surface area (Å²) >= 11 is 0. The Bertz CT molecular complexity index is 1170. The highest BCUT2D eigenvalue weighted by molar-refractivity contribution is 5.81. The van der Waals surface area contributed by atoms with Crippen molar-refractivity contribution in [1.29, 1.82) is 0 Å². The smallest absolute Gasteiger partial charge is 0.332 e. The van der Waals surface area contributed by atoms with Gasteiger partial charge >= 0.3 is 5.69 Å².